The number of urea groups is 1. The Morgan fingerprint density at radius 1 is 1.15 bits per heavy atom. The molecular weight excluding hydrogens is 516 g/mol. The highest BCUT2D eigenvalue weighted by Gasteiger charge is 2.34. The van der Waals surface area contributed by atoms with Gasteiger partial charge in [-0.1, -0.05) is 24.8 Å². The summed E-state index contributed by atoms with van der Waals surface area (Å²) in [6, 6.07) is 13.9. The smallest absolute Gasteiger partial charge is 0.332 e. The predicted octanol–water partition coefficient (Wildman–Crippen LogP) is 5.60. The zero-order valence-corrected chi connectivity index (χ0v) is 21.4. The van der Waals surface area contributed by atoms with Gasteiger partial charge in [0.25, 0.3) is 11.8 Å². The van der Waals surface area contributed by atoms with Crippen molar-refractivity contribution in [2.45, 2.75) is 25.3 Å². The average Bonchev–Trinajstić information content (AvgIpc) is 3.55. The molecule has 2 aliphatic rings. The highest BCUT2D eigenvalue weighted by Crippen LogP contribution is 2.45. The Labute approximate surface area is 227 Å². The van der Waals surface area contributed by atoms with Gasteiger partial charge >= 0.3 is 6.03 Å². The molecule has 0 radical (unpaired) electrons. The first-order valence-electron chi connectivity index (χ1n) is 12.3. The minimum absolute atomic E-state index is 0.157. The maximum atomic E-state index is 13.3. The second-order valence-corrected chi connectivity index (χ2v) is 9.98. The summed E-state index contributed by atoms with van der Waals surface area (Å²) >= 11 is 1.21. The summed E-state index contributed by atoms with van der Waals surface area (Å²) in [6.07, 6.45) is 6.12. The average molecular weight is 539 g/mol. The number of amides is 4. The van der Waals surface area contributed by atoms with E-state index in [-0.39, 0.29) is 17.9 Å². The van der Waals surface area contributed by atoms with Crippen LogP contribution in [0.4, 0.5) is 22.0 Å². The number of nitrogens with zero attached hydrogens (tertiary/aromatic N) is 4. The number of para-hydroxylation sites is 1. The van der Waals surface area contributed by atoms with Gasteiger partial charge in [-0.3, -0.25) is 9.59 Å². The van der Waals surface area contributed by atoms with Gasteiger partial charge in [0.15, 0.2) is 0 Å². The Balaban J connectivity index is 1.26. The van der Waals surface area contributed by atoms with Gasteiger partial charge in [-0.15, -0.1) is 11.3 Å². The first kappa shape index (κ1) is 24.4. The molecule has 0 saturated heterocycles. The van der Waals surface area contributed by atoms with Gasteiger partial charge in [0, 0.05) is 24.4 Å². The molecule has 1 saturated carbocycles. The van der Waals surface area contributed by atoms with Crippen LogP contribution in [-0.2, 0) is 4.79 Å². The first-order valence-corrected chi connectivity index (χ1v) is 13.1. The van der Waals surface area contributed by atoms with Crippen molar-refractivity contribution in [2.24, 2.45) is 4.99 Å². The van der Waals surface area contributed by atoms with Crippen molar-refractivity contribution >= 4 is 62.3 Å². The number of carbonyl (C=O) groups is 3. The summed E-state index contributed by atoms with van der Waals surface area (Å²) < 4.78 is 5.81. The van der Waals surface area contributed by atoms with Crippen molar-refractivity contribution in [3.63, 3.8) is 0 Å². The number of anilines is 3. The summed E-state index contributed by atoms with van der Waals surface area (Å²) in [4.78, 5) is 53.5. The number of thiophene rings is 1. The Morgan fingerprint density at radius 2 is 2.00 bits per heavy atom. The van der Waals surface area contributed by atoms with Crippen LogP contribution >= 0.6 is 11.3 Å². The van der Waals surface area contributed by atoms with Crippen LogP contribution in [0.25, 0.3) is 10.2 Å². The molecule has 1 aliphatic heterocycles. The first-order chi connectivity index (χ1) is 19.0. The summed E-state index contributed by atoms with van der Waals surface area (Å²) in [5.41, 5.74) is 1.74. The van der Waals surface area contributed by atoms with E-state index in [2.05, 4.69) is 32.2 Å². The summed E-state index contributed by atoms with van der Waals surface area (Å²) in [7, 11) is 0. The van der Waals surface area contributed by atoms with Gasteiger partial charge in [-0.25, -0.2) is 24.7 Å². The van der Waals surface area contributed by atoms with Crippen molar-refractivity contribution in [1.29, 1.82) is 0 Å². The zero-order chi connectivity index (χ0) is 26.9. The maximum Gasteiger partial charge on any atom is 0.332 e. The SMILES string of the molecule is C=CC(=O)N=C1CC[C@H](NC(=O)c2sc3nccc4c3c2NC(=O)N4c2ccc(Oc3ccccc3)cn2)C1. The molecule has 6 rings (SSSR count). The minimum atomic E-state index is -0.440. The van der Waals surface area contributed by atoms with E-state index in [1.54, 1.807) is 30.6 Å². The van der Waals surface area contributed by atoms with E-state index in [1.807, 2.05) is 30.3 Å². The Kier molecular flexibility index (Phi) is 6.33. The van der Waals surface area contributed by atoms with Gasteiger partial charge in [-0.05, 0) is 49.2 Å². The standard InChI is InChI=1S/C28H22N6O4S/c1-2-22(35)31-16-8-9-17(14-16)32-26(36)25-24-23-20(12-13-29-27(23)39-25)34(28(37)33-24)21-11-10-19(15-30-21)38-18-6-4-3-5-7-18/h2-7,10-13,15,17H,1,8-9,14H2,(H,32,36)(H,33,37)/t17-/m0/s1. The highest BCUT2D eigenvalue weighted by atomic mass is 32.1. The number of carbonyl (C=O) groups excluding carboxylic acids is 3. The lowest BCUT2D eigenvalue weighted by atomic mass is 10.1. The third-order valence-electron chi connectivity index (χ3n) is 6.42. The molecule has 3 aromatic heterocycles. The molecule has 11 heteroatoms. The summed E-state index contributed by atoms with van der Waals surface area (Å²) in [5.74, 6) is 0.916. The molecule has 2 N–H and O–H groups in total. The molecule has 1 fully saturated rings. The fourth-order valence-corrected chi connectivity index (χ4v) is 5.69. The Hall–Kier alpha value is -4.90. The van der Waals surface area contributed by atoms with Gasteiger partial charge in [0.1, 0.15) is 27.0 Å². The van der Waals surface area contributed by atoms with Crippen LogP contribution in [0, 0.1) is 0 Å². The minimum Gasteiger partial charge on any atom is -0.456 e. The number of rotatable bonds is 6. The summed E-state index contributed by atoms with van der Waals surface area (Å²) in [6.45, 7) is 3.43. The molecule has 0 unspecified atom stereocenters. The van der Waals surface area contributed by atoms with Crippen molar-refractivity contribution in [3.05, 3.63) is 78.5 Å². The third kappa shape index (κ3) is 4.75. The number of aromatic nitrogens is 2. The van der Waals surface area contributed by atoms with Crippen LogP contribution in [0.3, 0.4) is 0 Å². The van der Waals surface area contributed by atoms with Crippen LogP contribution in [0.5, 0.6) is 11.5 Å². The predicted molar refractivity (Wildman–Crippen MR) is 149 cm³/mol. The fourth-order valence-electron chi connectivity index (χ4n) is 4.67. The lowest BCUT2D eigenvalue weighted by Gasteiger charge is -2.27. The van der Waals surface area contributed by atoms with Crippen LogP contribution in [0.1, 0.15) is 28.9 Å². The quantitative estimate of drug-likeness (QED) is 0.308. The number of hydrogen-bond donors (Lipinski definition) is 2. The molecule has 0 bridgehead atoms. The van der Waals surface area contributed by atoms with E-state index in [0.29, 0.717) is 63.0 Å². The molecule has 194 valence electrons. The van der Waals surface area contributed by atoms with Gasteiger partial charge in [0.05, 0.1) is 23.0 Å². The molecular formula is C28H22N6O4S. The van der Waals surface area contributed by atoms with Crippen molar-refractivity contribution in [3.8, 4) is 11.5 Å². The highest BCUT2D eigenvalue weighted by molar-refractivity contribution is 7.21. The topological polar surface area (TPSA) is 126 Å². The molecule has 1 aromatic carbocycles. The van der Waals surface area contributed by atoms with E-state index in [9.17, 15) is 14.4 Å². The number of nitrogens with one attached hydrogen (secondary N) is 2. The third-order valence-corrected chi connectivity index (χ3v) is 7.52. The molecule has 39 heavy (non-hydrogen) atoms. The van der Waals surface area contributed by atoms with E-state index in [4.69, 9.17) is 4.74 Å². The van der Waals surface area contributed by atoms with E-state index in [0.717, 1.165) is 5.71 Å². The van der Waals surface area contributed by atoms with E-state index >= 15 is 0 Å². The fraction of sp³-hybridized carbons (Fsp3) is 0.143. The molecule has 0 spiro atoms. The van der Waals surface area contributed by atoms with Crippen molar-refractivity contribution in [2.75, 3.05) is 10.2 Å². The molecule has 4 amide bonds. The summed E-state index contributed by atoms with van der Waals surface area (Å²) in [5, 5.41) is 6.55. The van der Waals surface area contributed by atoms with Gasteiger partial charge < -0.3 is 15.4 Å². The van der Waals surface area contributed by atoms with Crippen molar-refractivity contribution < 1.29 is 19.1 Å². The van der Waals surface area contributed by atoms with Crippen LogP contribution in [0.2, 0.25) is 0 Å². The number of aliphatic imine (C=N–C) groups is 1. The van der Waals surface area contributed by atoms with Crippen LogP contribution in [0.15, 0.2) is 78.6 Å². The Morgan fingerprint density at radius 3 is 2.77 bits per heavy atom. The number of hydrogen-bond acceptors (Lipinski definition) is 7. The maximum absolute atomic E-state index is 13.3. The van der Waals surface area contributed by atoms with E-state index in [1.165, 1.54) is 22.3 Å². The van der Waals surface area contributed by atoms with Gasteiger partial charge in [-0.2, -0.15) is 0 Å². The van der Waals surface area contributed by atoms with Gasteiger partial charge in [0.2, 0.25) is 0 Å². The largest absolute Gasteiger partial charge is 0.456 e. The van der Waals surface area contributed by atoms with E-state index < -0.39 is 6.03 Å². The number of pyridine rings is 2. The molecule has 10 nitrogen and oxygen atoms in total. The lowest BCUT2D eigenvalue weighted by Crippen LogP contribution is -2.36. The number of ether oxygens (including phenoxy) is 1. The number of benzene rings is 1. The molecule has 4 aromatic rings. The van der Waals surface area contributed by atoms with Crippen LogP contribution < -0.4 is 20.3 Å². The molecule has 4 heterocycles. The lowest BCUT2D eigenvalue weighted by molar-refractivity contribution is -0.113. The second-order valence-electron chi connectivity index (χ2n) is 8.98. The second kappa shape index (κ2) is 10.1. The molecule has 1 aliphatic carbocycles. The zero-order valence-electron chi connectivity index (χ0n) is 20.6. The normalized spacial score (nSPS) is 17.2. The Bertz CT molecular complexity index is 1650. The molecule has 1 atom stereocenters. The van der Waals surface area contributed by atoms with Crippen LogP contribution in [-0.4, -0.2) is 39.6 Å². The monoisotopic (exact) mass is 538 g/mol. The van der Waals surface area contributed by atoms with Crippen molar-refractivity contribution in [1.82, 2.24) is 15.3 Å².